The van der Waals surface area contributed by atoms with Crippen LogP contribution in [0.1, 0.15) is 127 Å². The monoisotopic (exact) mass is 799 g/mol. The predicted octanol–water partition coefficient (Wildman–Crippen LogP) is 7.02. The molecule has 2 aliphatic rings. The van der Waals surface area contributed by atoms with Gasteiger partial charge in [0.2, 0.25) is 23.6 Å². The first-order valence-electron chi connectivity index (χ1n) is 19.8. The third kappa shape index (κ3) is 15.0. The summed E-state index contributed by atoms with van der Waals surface area (Å²) in [5.74, 6) is -1.00. The normalized spacial score (nSPS) is 16.2. The van der Waals surface area contributed by atoms with E-state index in [1.807, 2.05) is 42.5 Å². The van der Waals surface area contributed by atoms with Gasteiger partial charge in [-0.2, -0.15) is 8.42 Å². The fourth-order valence-corrected chi connectivity index (χ4v) is 8.73. The molecule has 1 fully saturated rings. The van der Waals surface area contributed by atoms with E-state index >= 15 is 0 Å². The van der Waals surface area contributed by atoms with E-state index in [1.54, 1.807) is 11.8 Å². The summed E-state index contributed by atoms with van der Waals surface area (Å²) in [5, 5.41) is 5.04. The molecule has 4 amide bonds. The predicted molar refractivity (Wildman–Crippen MR) is 215 cm³/mol. The second kappa shape index (κ2) is 22.7. The lowest BCUT2D eigenvalue weighted by Crippen LogP contribution is -2.34. The molecule has 2 aromatic rings. The van der Waals surface area contributed by atoms with Crippen molar-refractivity contribution in [3.05, 3.63) is 53.6 Å². The minimum absolute atomic E-state index is 0.0117. The Kier molecular flexibility index (Phi) is 18.2. The lowest BCUT2D eigenvalue weighted by molar-refractivity contribution is -0.141. The topological polar surface area (TPSA) is 176 Å². The lowest BCUT2D eigenvalue weighted by atomic mass is 9.97. The molecule has 0 radical (unpaired) electrons. The molecule has 55 heavy (non-hydrogen) atoms. The number of carbonyl (C=O) groups excluding carboxylic acids is 5. The molecule has 12 nitrogen and oxygen atoms in total. The summed E-state index contributed by atoms with van der Waals surface area (Å²) in [4.78, 5) is 63.0. The van der Waals surface area contributed by atoms with Crippen LogP contribution in [0.15, 0.2) is 42.5 Å². The van der Waals surface area contributed by atoms with Crippen molar-refractivity contribution in [1.29, 1.82) is 0 Å². The molecular formula is C41H57N3O9S2. The molecule has 3 N–H and O–H groups in total. The van der Waals surface area contributed by atoms with Crippen molar-refractivity contribution >= 4 is 57.2 Å². The molecule has 0 spiro atoms. The van der Waals surface area contributed by atoms with E-state index in [0.29, 0.717) is 12.1 Å². The van der Waals surface area contributed by atoms with Gasteiger partial charge in [-0.1, -0.05) is 101 Å². The number of anilines is 1. The van der Waals surface area contributed by atoms with Crippen molar-refractivity contribution in [1.82, 2.24) is 10.2 Å². The number of fused-ring (bicyclic) bond motifs is 3. The average Bonchev–Trinajstić information content (AvgIpc) is 3.59. The molecule has 0 bridgehead atoms. The van der Waals surface area contributed by atoms with E-state index in [0.717, 1.165) is 73.0 Å². The van der Waals surface area contributed by atoms with Crippen LogP contribution in [0.5, 0.6) is 0 Å². The number of amides is 4. The van der Waals surface area contributed by atoms with Gasteiger partial charge in [0.1, 0.15) is 6.61 Å². The molecule has 14 heteroatoms. The Balaban J connectivity index is 1.00. The number of likely N-dealkylation sites (tertiary alicyclic amines) is 1. The highest BCUT2D eigenvalue weighted by molar-refractivity contribution is 8.00. The molecule has 0 saturated carbocycles. The maximum Gasteiger partial charge on any atom is 0.302 e. The van der Waals surface area contributed by atoms with Crippen LogP contribution in [0.2, 0.25) is 0 Å². The number of hydrogen-bond acceptors (Lipinski definition) is 9. The van der Waals surface area contributed by atoms with E-state index in [1.165, 1.54) is 50.3 Å². The molecule has 1 aliphatic carbocycles. The molecular weight excluding hydrogens is 743 g/mol. The fraction of sp³-hybridized carbons (Fsp3) is 0.585. The average molecular weight is 800 g/mol. The fourth-order valence-electron chi connectivity index (χ4n) is 7.19. The molecule has 2 unspecified atom stereocenters. The Morgan fingerprint density at radius 2 is 1.44 bits per heavy atom. The van der Waals surface area contributed by atoms with Crippen molar-refractivity contribution < 1.29 is 41.7 Å². The largest absolute Gasteiger partial charge is 0.465 e. The first-order valence-corrected chi connectivity index (χ1v) is 22.4. The Morgan fingerprint density at radius 3 is 2.09 bits per heavy atom. The summed E-state index contributed by atoms with van der Waals surface area (Å²) in [6.45, 7) is 1.59. The smallest absolute Gasteiger partial charge is 0.302 e. The number of nitrogens with one attached hydrogen (secondary N) is 2. The highest BCUT2D eigenvalue weighted by atomic mass is 32.2. The van der Waals surface area contributed by atoms with Crippen LogP contribution in [-0.4, -0.2) is 83.9 Å². The zero-order valence-electron chi connectivity index (χ0n) is 32.0. The first-order chi connectivity index (χ1) is 26.4. The quantitative estimate of drug-likeness (QED) is 0.0388. The lowest BCUT2D eigenvalue weighted by Gasteiger charge is -2.16. The Labute approximate surface area is 330 Å². The van der Waals surface area contributed by atoms with Crippen LogP contribution < -0.4 is 10.6 Å². The van der Waals surface area contributed by atoms with Crippen LogP contribution in [0.4, 0.5) is 5.69 Å². The minimum atomic E-state index is -4.04. The first kappa shape index (κ1) is 44.0. The maximum atomic E-state index is 13.0. The summed E-state index contributed by atoms with van der Waals surface area (Å²) in [6, 6.07) is 13.7. The molecule has 2 aromatic carbocycles. The number of ether oxygens (including phenoxy) is 1. The molecule has 0 aromatic heterocycles. The molecule has 302 valence electrons. The Morgan fingerprint density at radius 1 is 0.818 bits per heavy atom. The summed E-state index contributed by atoms with van der Waals surface area (Å²) in [6.07, 6.45) is 15.1. The molecule has 4 rings (SSSR count). The minimum Gasteiger partial charge on any atom is -0.465 e. The Bertz CT molecular complexity index is 1730. The van der Waals surface area contributed by atoms with Crippen LogP contribution in [0.25, 0.3) is 11.1 Å². The summed E-state index contributed by atoms with van der Waals surface area (Å²) in [7, 11) is -4.04. The second-order valence-corrected chi connectivity index (χ2v) is 17.4. The molecule has 1 saturated heterocycles. The van der Waals surface area contributed by atoms with Crippen molar-refractivity contribution in [2.45, 2.75) is 121 Å². The number of hydrogen-bond donors (Lipinski definition) is 3. The summed E-state index contributed by atoms with van der Waals surface area (Å²) < 4.78 is 35.4. The van der Waals surface area contributed by atoms with E-state index < -0.39 is 15.9 Å². The van der Waals surface area contributed by atoms with Crippen molar-refractivity contribution in [2.24, 2.45) is 0 Å². The second-order valence-electron chi connectivity index (χ2n) is 14.5. The number of unbranched alkanes of at least 4 members (excludes halogenated alkanes) is 12. The van der Waals surface area contributed by atoms with Crippen LogP contribution in [-0.2, 0) is 38.8 Å². The van der Waals surface area contributed by atoms with Crippen molar-refractivity contribution in [3.8, 4) is 11.1 Å². The van der Waals surface area contributed by atoms with Gasteiger partial charge >= 0.3 is 5.97 Å². The van der Waals surface area contributed by atoms with Gasteiger partial charge in [-0.3, -0.25) is 33.4 Å². The van der Waals surface area contributed by atoms with Crippen LogP contribution >= 0.6 is 11.8 Å². The Hall–Kier alpha value is -3.75. The number of benzene rings is 2. The van der Waals surface area contributed by atoms with Gasteiger partial charge in [-0.05, 0) is 53.0 Å². The number of thioether (sulfide) groups is 1. The van der Waals surface area contributed by atoms with Gasteiger partial charge in [0, 0.05) is 50.9 Å². The zero-order chi connectivity index (χ0) is 39.6. The van der Waals surface area contributed by atoms with Crippen LogP contribution in [0, 0.1) is 0 Å². The highest BCUT2D eigenvalue weighted by Crippen LogP contribution is 2.45. The van der Waals surface area contributed by atoms with Gasteiger partial charge in [0.15, 0.2) is 0 Å². The van der Waals surface area contributed by atoms with E-state index in [4.69, 9.17) is 9.29 Å². The zero-order valence-corrected chi connectivity index (χ0v) is 33.7. The van der Waals surface area contributed by atoms with Gasteiger partial charge in [-0.15, -0.1) is 11.8 Å². The third-order valence-corrected chi connectivity index (χ3v) is 12.1. The number of rotatable bonds is 26. The van der Waals surface area contributed by atoms with Gasteiger partial charge in [-0.25, -0.2) is 0 Å². The molecule has 2 atom stereocenters. The van der Waals surface area contributed by atoms with Crippen molar-refractivity contribution in [2.75, 3.05) is 36.5 Å². The summed E-state index contributed by atoms with van der Waals surface area (Å²) >= 11 is 1.55. The number of nitrogens with zero attached hydrogens (tertiary/aromatic N) is 1. The number of imide groups is 1. The standard InChI is InChI=1S/C41H57N3O9S2/c1-30(45)53-29-36-33-18-15-14-17-32(33)34-21-20-31(27-35(34)36)43-39(47)22-24-44-40(48)28-37(41(44)49)54-25-16-12-10-8-6-4-2-3-5-7-9-11-13-19-38(46)42-23-26-55(50,51)52/h14-15,17-18,20-21,27,36-37H,2-13,16,19,22-26,28-29H2,1H3,(H,42,46)(H,43,47)(H,50,51,52). The molecule has 1 aliphatic heterocycles. The molecule has 1 heterocycles. The highest BCUT2D eigenvalue weighted by Gasteiger charge is 2.38. The number of esters is 1. The van der Waals surface area contributed by atoms with Crippen LogP contribution in [0.3, 0.4) is 0 Å². The van der Waals surface area contributed by atoms with E-state index in [9.17, 15) is 32.4 Å². The van der Waals surface area contributed by atoms with Gasteiger partial charge in [0.05, 0.1) is 11.0 Å². The maximum absolute atomic E-state index is 13.0. The number of carbonyl (C=O) groups is 5. The third-order valence-electron chi connectivity index (χ3n) is 10.1. The van der Waals surface area contributed by atoms with Gasteiger partial charge < -0.3 is 15.4 Å². The van der Waals surface area contributed by atoms with E-state index in [-0.39, 0.29) is 73.3 Å². The summed E-state index contributed by atoms with van der Waals surface area (Å²) in [5.41, 5.74) is 4.77. The van der Waals surface area contributed by atoms with E-state index in [2.05, 4.69) is 10.6 Å². The van der Waals surface area contributed by atoms with Gasteiger partial charge in [0.25, 0.3) is 10.1 Å². The SMILES string of the molecule is CC(=O)OCC1c2ccccc2-c2ccc(NC(=O)CCN3C(=O)CC(SCCCCCCCCCCCCCCCC(=O)NCCS(=O)(=O)O)C3=O)cc21. The van der Waals surface area contributed by atoms with Crippen molar-refractivity contribution in [3.63, 3.8) is 0 Å².